The van der Waals surface area contributed by atoms with Crippen molar-refractivity contribution in [2.45, 2.75) is 37.0 Å². The largest absolute Gasteiger partial charge is 0.324 e. The minimum absolute atomic E-state index is 0.510. The number of hydrogen-bond acceptors (Lipinski definition) is 2. The third-order valence-corrected chi connectivity index (χ3v) is 5.70. The van der Waals surface area contributed by atoms with Crippen molar-refractivity contribution in [1.29, 1.82) is 0 Å². The summed E-state index contributed by atoms with van der Waals surface area (Å²) in [6.45, 7) is 0. The third kappa shape index (κ3) is 2.56. The van der Waals surface area contributed by atoms with E-state index in [-0.39, 0.29) is 0 Å². The van der Waals surface area contributed by atoms with Crippen molar-refractivity contribution in [2.75, 3.05) is 12.1 Å². The Bertz CT molecular complexity index is 611. The standard InChI is InChI=1S/C15H18Cl2N2S/c1-20-11-6-5-10(9-11)19-14(7-8-16)18-13-4-2-3-12(17)15(13)19/h2-4,10-11H,5-9H2,1H3. The first-order valence-electron chi connectivity index (χ1n) is 6.98. The molecule has 108 valence electrons. The van der Waals surface area contributed by atoms with E-state index in [0.717, 1.165) is 33.6 Å². The summed E-state index contributed by atoms with van der Waals surface area (Å²) in [6.07, 6.45) is 6.68. The Kier molecular flexibility index (Phi) is 4.49. The molecule has 1 aliphatic rings. The Labute approximate surface area is 133 Å². The Balaban J connectivity index is 2.09. The number of rotatable bonds is 4. The zero-order valence-electron chi connectivity index (χ0n) is 11.5. The Morgan fingerprint density at radius 1 is 1.40 bits per heavy atom. The van der Waals surface area contributed by atoms with Crippen LogP contribution in [0.4, 0.5) is 0 Å². The van der Waals surface area contributed by atoms with Crippen LogP contribution < -0.4 is 0 Å². The minimum atomic E-state index is 0.510. The highest BCUT2D eigenvalue weighted by molar-refractivity contribution is 7.99. The summed E-state index contributed by atoms with van der Waals surface area (Å²) in [6, 6.07) is 6.46. The SMILES string of the molecule is CSC1CCC(n2c(CCCl)nc3cccc(Cl)c32)C1. The van der Waals surface area contributed by atoms with E-state index in [2.05, 4.69) is 10.8 Å². The van der Waals surface area contributed by atoms with Gasteiger partial charge in [0.2, 0.25) is 0 Å². The molecule has 0 aliphatic heterocycles. The molecule has 1 heterocycles. The van der Waals surface area contributed by atoms with Gasteiger partial charge in [0.15, 0.2) is 0 Å². The highest BCUT2D eigenvalue weighted by Gasteiger charge is 2.28. The number of aromatic nitrogens is 2. The van der Waals surface area contributed by atoms with Gasteiger partial charge in [-0.3, -0.25) is 0 Å². The molecular formula is C15H18Cl2N2S. The molecule has 1 aromatic heterocycles. The molecule has 5 heteroatoms. The van der Waals surface area contributed by atoms with Crippen LogP contribution in [-0.2, 0) is 6.42 Å². The van der Waals surface area contributed by atoms with Gasteiger partial charge in [-0.15, -0.1) is 11.6 Å². The Morgan fingerprint density at radius 2 is 2.25 bits per heavy atom. The number of benzene rings is 1. The van der Waals surface area contributed by atoms with Gasteiger partial charge in [-0.1, -0.05) is 17.7 Å². The van der Waals surface area contributed by atoms with Gasteiger partial charge in [-0.05, 0) is 37.7 Å². The van der Waals surface area contributed by atoms with Crippen molar-refractivity contribution in [2.24, 2.45) is 0 Å². The van der Waals surface area contributed by atoms with Crippen LogP contribution in [0.5, 0.6) is 0 Å². The highest BCUT2D eigenvalue weighted by atomic mass is 35.5. The summed E-state index contributed by atoms with van der Waals surface area (Å²) in [5.41, 5.74) is 2.08. The van der Waals surface area contributed by atoms with E-state index < -0.39 is 0 Å². The van der Waals surface area contributed by atoms with Crippen molar-refractivity contribution >= 4 is 46.0 Å². The number of thioether (sulfide) groups is 1. The molecule has 2 unspecified atom stereocenters. The van der Waals surface area contributed by atoms with Gasteiger partial charge in [-0.2, -0.15) is 11.8 Å². The van der Waals surface area contributed by atoms with Gasteiger partial charge >= 0.3 is 0 Å². The van der Waals surface area contributed by atoms with Crippen LogP contribution in [0, 0.1) is 0 Å². The summed E-state index contributed by atoms with van der Waals surface area (Å²) >= 11 is 14.3. The van der Waals surface area contributed by atoms with Crippen LogP contribution in [0.25, 0.3) is 11.0 Å². The fraction of sp³-hybridized carbons (Fsp3) is 0.533. The van der Waals surface area contributed by atoms with Gasteiger partial charge in [0.1, 0.15) is 5.82 Å². The molecule has 1 fully saturated rings. The zero-order valence-corrected chi connectivity index (χ0v) is 13.8. The lowest BCUT2D eigenvalue weighted by molar-refractivity contribution is 0.514. The summed E-state index contributed by atoms with van der Waals surface area (Å²) in [7, 11) is 0. The molecule has 1 aliphatic carbocycles. The van der Waals surface area contributed by atoms with Crippen molar-refractivity contribution in [3.63, 3.8) is 0 Å². The van der Waals surface area contributed by atoms with Crippen molar-refractivity contribution < 1.29 is 0 Å². The molecule has 0 bridgehead atoms. The number of nitrogens with zero attached hydrogens (tertiary/aromatic N) is 2. The quantitative estimate of drug-likeness (QED) is 0.740. The second kappa shape index (κ2) is 6.17. The summed E-state index contributed by atoms with van der Waals surface area (Å²) in [5.74, 6) is 1.68. The number of fused-ring (bicyclic) bond motifs is 1. The molecule has 2 nitrogen and oxygen atoms in total. The normalized spacial score (nSPS) is 22.8. The fourth-order valence-electron chi connectivity index (χ4n) is 3.17. The predicted molar refractivity (Wildman–Crippen MR) is 89.4 cm³/mol. The molecule has 3 rings (SSSR count). The topological polar surface area (TPSA) is 17.8 Å². The molecular weight excluding hydrogens is 311 g/mol. The number of halogens is 2. The predicted octanol–water partition coefficient (Wildman–Crippen LogP) is 4.93. The second-order valence-electron chi connectivity index (χ2n) is 5.27. The third-order valence-electron chi connectivity index (χ3n) is 4.11. The molecule has 0 N–H and O–H groups in total. The van der Waals surface area contributed by atoms with Crippen molar-refractivity contribution in [3.8, 4) is 0 Å². The van der Waals surface area contributed by atoms with Crippen LogP contribution in [0.1, 0.15) is 31.1 Å². The number of aryl methyl sites for hydroxylation is 1. The van der Waals surface area contributed by atoms with Crippen LogP contribution >= 0.6 is 35.0 Å². The van der Waals surface area contributed by atoms with E-state index in [1.165, 1.54) is 19.3 Å². The number of imidazole rings is 1. The molecule has 0 radical (unpaired) electrons. The van der Waals surface area contributed by atoms with E-state index in [1.807, 2.05) is 30.0 Å². The maximum atomic E-state index is 6.43. The average Bonchev–Trinajstić information content (AvgIpc) is 3.03. The summed E-state index contributed by atoms with van der Waals surface area (Å²) in [5, 5.41) is 1.55. The van der Waals surface area contributed by atoms with Gasteiger partial charge < -0.3 is 4.57 Å². The molecule has 0 saturated heterocycles. The fourth-order valence-corrected chi connectivity index (χ4v) is 4.39. The minimum Gasteiger partial charge on any atom is -0.324 e. The van der Waals surface area contributed by atoms with E-state index >= 15 is 0 Å². The lowest BCUT2D eigenvalue weighted by Crippen LogP contribution is -2.11. The van der Waals surface area contributed by atoms with Crippen molar-refractivity contribution in [3.05, 3.63) is 29.0 Å². The van der Waals surface area contributed by atoms with Gasteiger partial charge in [0.05, 0.1) is 16.1 Å². The Morgan fingerprint density at radius 3 is 2.95 bits per heavy atom. The monoisotopic (exact) mass is 328 g/mol. The number of alkyl halides is 1. The Hall–Kier alpha value is -0.380. The maximum absolute atomic E-state index is 6.43. The first-order valence-corrected chi connectivity index (χ1v) is 9.18. The second-order valence-corrected chi connectivity index (χ2v) is 7.19. The first-order chi connectivity index (χ1) is 9.74. The lowest BCUT2D eigenvalue weighted by Gasteiger charge is -2.17. The van der Waals surface area contributed by atoms with Gasteiger partial charge in [0, 0.05) is 23.6 Å². The average molecular weight is 329 g/mol. The van der Waals surface area contributed by atoms with E-state index in [1.54, 1.807) is 0 Å². The molecule has 0 amide bonds. The van der Waals surface area contributed by atoms with E-state index in [9.17, 15) is 0 Å². The van der Waals surface area contributed by atoms with Crippen LogP contribution in [0.3, 0.4) is 0 Å². The molecule has 0 spiro atoms. The van der Waals surface area contributed by atoms with Crippen LogP contribution in [0.2, 0.25) is 5.02 Å². The molecule has 2 atom stereocenters. The van der Waals surface area contributed by atoms with Gasteiger partial charge in [0.25, 0.3) is 0 Å². The number of hydrogen-bond donors (Lipinski definition) is 0. The summed E-state index contributed by atoms with van der Waals surface area (Å²) in [4.78, 5) is 4.75. The first kappa shape index (κ1) is 14.6. The zero-order chi connectivity index (χ0) is 14.1. The molecule has 2 aromatic rings. The molecule has 20 heavy (non-hydrogen) atoms. The smallest absolute Gasteiger partial charge is 0.111 e. The highest BCUT2D eigenvalue weighted by Crippen LogP contribution is 2.39. The molecule has 1 saturated carbocycles. The van der Waals surface area contributed by atoms with Crippen LogP contribution in [-0.4, -0.2) is 26.9 Å². The van der Waals surface area contributed by atoms with Gasteiger partial charge in [-0.25, -0.2) is 4.98 Å². The van der Waals surface area contributed by atoms with E-state index in [0.29, 0.717) is 11.9 Å². The lowest BCUT2D eigenvalue weighted by atomic mass is 10.2. The van der Waals surface area contributed by atoms with Crippen LogP contribution in [0.15, 0.2) is 18.2 Å². The number of para-hydroxylation sites is 1. The summed E-state index contributed by atoms with van der Waals surface area (Å²) < 4.78 is 2.36. The molecule has 1 aromatic carbocycles. The van der Waals surface area contributed by atoms with E-state index in [4.69, 9.17) is 28.2 Å². The maximum Gasteiger partial charge on any atom is 0.111 e. The van der Waals surface area contributed by atoms with Crippen molar-refractivity contribution in [1.82, 2.24) is 9.55 Å².